The lowest BCUT2D eigenvalue weighted by Gasteiger charge is -2.16. The van der Waals surface area contributed by atoms with E-state index >= 15 is 0 Å². The van der Waals surface area contributed by atoms with Crippen LogP contribution >= 0.6 is 0 Å². The molecule has 3 aliphatic heterocycles. The van der Waals surface area contributed by atoms with Crippen LogP contribution in [-0.4, -0.2) is 79.0 Å². The zero-order chi connectivity index (χ0) is 39.9. The van der Waals surface area contributed by atoms with Gasteiger partial charge in [0.15, 0.2) is 6.04 Å². The molecule has 0 aromatic heterocycles. The van der Waals surface area contributed by atoms with Gasteiger partial charge in [0.1, 0.15) is 0 Å². The van der Waals surface area contributed by atoms with E-state index in [1.54, 1.807) is 48.5 Å². The van der Waals surface area contributed by atoms with E-state index in [4.69, 9.17) is 15.9 Å². The molecule has 0 radical (unpaired) electrons. The molecule has 20 nitrogen and oxygen atoms in total. The Kier molecular flexibility index (Phi) is 15.0. The quantitative estimate of drug-likeness (QED) is 0.112. The molecule has 5 rings (SSSR count). The number of hydrogen-bond acceptors (Lipinski definition) is 13. The van der Waals surface area contributed by atoms with Crippen LogP contribution in [0.3, 0.4) is 0 Å². The lowest BCUT2D eigenvalue weighted by molar-refractivity contribution is -0.198. The molecule has 0 bridgehead atoms. The monoisotopic (exact) mass is 746 g/mol. The Hall–Kier alpha value is -7.04. The maximum atomic E-state index is 12.0. The van der Waals surface area contributed by atoms with Crippen molar-refractivity contribution in [3.8, 4) is 0 Å². The first-order valence-corrected chi connectivity index (χ1v) is 16.3. The van der Waals surface area contributed by atoms with E-state index in [2.05, 4.69) is 24.5 Å². The summed E-state index contributed by atoms with van der Waals surface area (Å²) < 4.78 is 0. The molecule has 0 N–H and O–H groups in total. The Morgan fingerprint density at radius 1 is 0.667 bits per heavy atom. The highest BCUT2D eigenvalue weighted by Gasteiger charge is 2.37. The summed E-state index contributed by atoms with van der Waals surface area (Å²) in [7, 11) is 0. The van der Waals surface area contributed by atoms with Gasteiger partial charge in [-0.3, -0.25) is 28.8 Å². The minimum atomic E-state index is -1.25. The van der Waals surface area contributed by atoms with Crippen molar-refractivity contribution in [1.29, 1.82) is 0 Å². The number of aryl methyl sites for hydroxylation is 2. The zero-order valence-electron chi connectivity index (χ0n) is 29.3. The smallest absolute Gasteiger partial charge is 0.360 e. The van der Waals surface area contributed by atoms with E-state index < -0.39 is 59.4 Å². The molecule has 0 saturated carbocycles. The fraction of sp³-hybridized carbons (Fsp3) is 0.353. The zero-order valence-corrected chi connectivity index (χ0v) is 29.3. The molecular weight excluding hydrogens is 712 g/mol. The summed E-state index contributed by atoms with van der Waals surface area (Å²) in [6, 6.07) is 12.0. The SMILES string of the molecule is CCCC(=O)ON1C(=O)CCC1=O.Cc1ccc(C(=[N+]=[N-])C(=O)ON2C(=O)CCC2=O)cc1.Cc1ccc(C(N=[N+]=[N-])C(=O)ON2C(=O)CCC2=O)cc1. The fourth-order valence-corrected chi connectivity index (χ4v) is 4.57. The van der Waals surface area contributed by atoms with Gasteiger partial charge in [-0.1, -0.05) is 59.6 Å². The minimum absolute atomic E-state index is 0.00223. The molecular formula is C34H34N8O12. The molecule has 3 aliphatic rings. The van der Waals surface area contributed by atoms with Gasteiger partial charge < -0.3 is 20.0 Å². The van der Waals surface area contributed by atoms with Crippen LogP contribution in [0.15, 0.2) is 53.6 Å². The van der Waals surface area contributed by atoms with Crippen molar-refractivity contribution < 1.29 is 62.5 Å². The van der Waals surface area contributed by atoms with Crippen LogP contribution in [0.4, 0.5) is 0 Å². The molecule has 0 aliphatic carbocycles. The molecule has 54 heavy (non-hydrogen) atoms. The highest BCUT2D eigenvalue weighted by Crippen LogP contribution is 2.23. The topological polar surface area (TPSA) is 276 Å². The van der Waals surface area contributed by atoms with E-state index in [0.717, 1.165) is 11.1 Å². The van der Waals surface area contributed by atoms with Crippen molar-refractivity contribution in [3.05, 3.63) is 86.8 Å². The van der Waals surface area contributed by atoms with Crippen molar-refractivity contribution in [2.45, 2.75) is 78.2 Å². The standard InChI is InChI=1S/C13H12N4O4.C13H11N3O4.C8H11NO4/c1-8-2-4-9(5-3-8)12(15-16-14)13(20)21-17-10(18)6-7-11(17)19;1-8-2-4-9(5-3-8)12(15-14)13(19)20-16-10(17)6-7-11(16)18;1-2-3-8(12)13-9-6(10)4-5-7(9)11/h2-5,12H,6-7H2,1H3;2-5H,6-7H2,1H3;2-5H2,1H3. The van der Waals surface area contributed by atoms with Crippen LogP contribution in [0, 0.1) is 13.8 Å². The third-order valence-electron chi connectivity index (χ3n) is 7.42. The summed E-state index contributed by atoms with van der Waals surface area (Å²) in [6.45, 7) is 5.54. The molecule has 3 saturated heterocycles. The van der Waals surface area contributed by atoms with Gasteiger partial charge in [0.05, 0.1) is 5.56 Å². The number of hydroxylamine groups is 6. The number of nitrogens with zero attached hydrogens (tertiary/aromatic N) is 8. The van der Waals surface area contributed by atoms with E-state index in [0.29, 0.717) is 32.7 Å². The number of azide groups is 1. The molecule has 1 atom stereocenters. The molecule has 3 heterocycles. The van der Waals surface area contributed by atoms with Crippen LogP contribution in [-0.2, 0) is 57.7 Å². The average molecular weight is 747 g/mol. The second-order valence-electron chi connectivity index (χ2n) is 11.6. The highest BCUT2D eigenvalue weighted by atomic mass is 16.7. The first-order chi connectivity index (χ1) is 25.7. The lowest BCUT2D eigenvalue weighted by atomic mass is 10.1. The minimum Gasteiger partial charge on any atom is -0.360 e. The van der Waals surface area contributed by atoms with Crippen LogP contribution in [0.1, 0.15) is 86.6 Å². The van der Waals surface area contributed by atoms with Crippen molar-refractivity contribution in [3.63, 3.8) is 0 Å². The third kappa shape index (κ3) is 11.2. The molecule has 20 heteroatoms. The summed E-state index contributed by atoms with van der Waals surface area (Å²) >= 11 is 0. The number of amides is 6. The Labute approximate surface area is 306 Å². The summed E-state index contributed by atoms with van der Waals surface area (Å²) in [5.41, 5.74) is 19.8. The Morgan fingerprint density at radius 3 is 1.48 bits per heavy atom. The number of hydrogen-bond donors (Lipinski definition) is 0. The second kappa shape index (κ2) is 19.5. The van der Waals surface area contributed by atoms with Gasteiger partial charge in [-0.25, -0.2) is 14.4 Å². The summed E-state index contributed by atoms with van der Waals surface area (Å²) in [5, 5.41) is 4.77. The molecule has 1 unspecified atom stereocenters. The molecule has 2 aromatic carbocycles. The number of rotatable bonds is 10. The highest BCUT2D eigenvalue weighted by molar-refractivity contribution is 6.41. The Bertz CT molecular complexity index is 1890. The third-order valence-corrected chi connectivity index (χ3v) is 7.42. The van der Waals surface area contributed by atoms with Gasteiger partial charge in [0.25, 0.3) is 35.4 Å². The van der Waals surface area contributed by atoms with Crippen molar-refractivity contribution in [2.75, 3.05) is 0 Å². The Balaban J connectivity index is 0.000000224. The van der Waals surface area contributed by atoms with Gasteiger partial charge in [0.2, 0.25) is 0 Å². The van der Waals surface area contributed by atoms with Gasteiger partial charge in [-0.05, 0) is 43.5 Å². The second-order valence-corrected chi connectivity index (χ2v) is 11.6. The number of benzene rings is 2. The Morgan fingerprint density at radius 2 is 1.07 bits per heavy atom. The van der Waals surface area contributed by atoms with Crippen LogP contribution in [0.2, 0.25) is 0 Å². The molecule has 0 spiro atoms. The maximum Gasteiger partial charge on any atom is 0.446 e. The van der Waals surface area contributed by atoms with Crippen LogP contribution < -0.4 is 0 Å². The predicted molar refractivity (Wildman–Crippen MR) is 178 cm³/mol. The van der Waals surface area contributed by atoms with Gasteiger partial charge in [-0.15, -0.1) is 15.2 Å². The normalized spacial score (nSPS) is 15.3. The lowest BCUT2D eigenvalue weighted by Crippen LogP contribution is -2.35. The largest absolute Gasteiger partial charge is 0.446 e. The van der Waals surface area contributed by atoms with Crippen molar-refractivity contribution in [2.24, 2.45) is 5.11 Å². The summed E-state index contributed by atoms with van der Waals surface area (Å²) in [4.78, 5) is 122. The first kappa shape index (κ1) is 41.4. The van der Waals surface area contributed by atoms with E-state index in [1.165, 1.54) is 0 Å². The number of imide groups is 3. The summed E-state index contributed by atoms with van der Waals surface area (Å²) in [6.07, 6.45) is 1.14. The maximum absolute atomic E-state index is 12.0. The summed E-state index contributed by atoms with van der Waals surface area (Å²) in [5.74, 6) is -5.81. The predicted octanol–water partition coefficient (Wildman–Crippen LogP) is 2.97. The van der Waals surface area contributed by atoms with E-state index in [9.17, 15) is 43.2 Å². The molecule has 3 fully saturated rings. The van der Waals surface area contributed by atoms with Crippen LogP contribution in [0.25, 0.3) is 16.0 Å². The molecule has 2 aromatic rings. The van der Waals surface area contributed by atoms with Crippen LogP contribution in [0.5, 0.6) is 0 Å². The van der Waals surface area contributed by atoms with E-state index in [-0.39, 0.29) is 50.7 Å². The van der Waals surface area contributed by atoms with E-state index in [1.807, 2.05) is 20.8 Å². The molecule has 282 valence electrons. The van der Waals surface area contributed by atoms with Crippen molar-refractivity contribution >= 4 is 59.1 Å². The van der Waals surface area contributed by atoms with Crippen molar-refractivity contribution in [1.82, 2.24) is 15.2 Å². The molecule has 6 amide bonds. The average Bonchev–Trinajstić information content (AvgIpc) is 3.76. The van der Waals surface area contributed by atoms with Gasteiger partial charge in [0, 0.05) is 49.9 Å². The first-order valence-electron chi connectivity index (χ1n) is 16.3. The number of carbonyl (C=O) groups is 9. The van der Waals surface area contributed by atoms with Gasteiger partial charge >= 0.3 is 23.6 Å². The fourth-order valence-electron chi connectivity index (χ4n) is 4.57. The van der Waals surface area contributed by atoms with Gasteiger partial charge in [-0.2, -0.15) is 4.79 Å². The number of carbonyl (C=O) groups excluding carboxylic acids is 9.